The molecule has 1 aromatic rings. The van der Waals surface area contributed by atoms with Gasteiger partial charge in [-0.25, -0.2) is 4.39 Å². The Bertz CT molecular complexity index is 423. The Labute approximate surface area is 121 Å². The van der Waals surface area contributed by atoms with Gasteiger partial charge in [-0.3, -0.25) is 9.69 Å². The molecule has 3 heteroatoms. The third kappa shape index (κ3) is 3.89. The van der Waals surface area contributed by atoms with E-state index in [-0.39, 0.29) is 17.6 Å². The Kier molecular flexibility index (Phi) is 5.72. The summed E-state index contributed by atoms with van der Waals surface area (Å²) in [6.07, 6.45) is 6.70. The minimum atomic E-state index is -0.287. The van der Waals surface area contributed by atoms with E-state index in [9.17, 15) is 9.18 Å². The molecule has 1 aromatic carbocycles. The van der Waals surface area contributed by atoms with E-state index >= 15 is 0 Å². The second-order valence-electron chi connectivity index (χ2n) is 5.63. The summed E-state index contributed by atoms with van der Waals surface area (Å²) in [4.78, 5) is 15.0. The zero-order chi connectivity index (χ0) is 14.4. The number of likely N-dealkylation sites (tertiary alicyclic amines) is 1. The van der Waals surface area contributed by atoms with E-state index in [4.69, 9.17) is 0 Å². The molecule has 110 valence electrons. The minimum absolute atomic E-state index is 0.0190. The molecule has 1 heterocycles. The number of hydrogen-bond acceptors (Lipinski definition) is 2. The summed E-state index contributed by atoms with van der Waals surface area (Å²) >= 11 is 0. The number of hydrogen-bond donors (Lipinski definition) is 0. The summed E-state index contributed by atoms with van der Waals surface area (Å²) in [7, 11) is 0. The smallest absolute Gasteiger partial charge is 0.179 e. The van der Waals surface area contributed by atoms with Crippen molar-refractivity contribution in [1.29, 1.82) is 0 Å². The van der Waals surface area contributed by atoms with Gasteiger partial charge >= 0.3 is 0 Å². The van der Waals surface area contributed by atoms with Crippen LogP contribution in [0.5, 0.6) is 0 Å². The van der Waals surface area contributed by atoms with Crippen LogP contribution in [0.25, 0.3) is 0 Å². The van der Waals surface area contributed by atoms with Crippen molar-refractivity contribution < 1.29 is 9.18 Å². The average molecular weight is 277 g/mol. The van der Waals surface area contributed by atoms with Crippen molar-refractivity contribution >= 4 is 5.78 Å². The maximum absolute atomic E-state index is 13.0. The van der Waals surface area contributed by atoms with E-state index in [1.807, 2.05) is 0 Å². The number of carbonyl (C=O) groups excluding carboxylic acids is 1. The Morgan fingerprint density at radius 3 is 2.45 bits per heavy atom. The maximum atomic E-state index is 13.0. The van der Waals surface area contributed by atoms with Crippen LogP contribution in [0.2, 0.25) is 0 Å². The van der Waals surface area contributed by atoms with Gasteiger partial charge in [-0.2, -0.15) is 0 Å². The molecule has 1 atom stereocenters. The lowest BCUT2D eigenvalue weighted by Crippen LogP contribution is -2.39. The van der Waals surface area contributed by atoms with Crippen molar-refractivity contribution in [2.75, 3.05) is 13.1 Å². The molecule has 0 aromatic heterocycles. The Hall–Kier alpha value is -1.22. The molecule has 20 heavy (non-hydrogen) atoms. The topological polar surface area (TPSA) is 20.3 Å². The van der Waals surface area contributed by atoms with Gasteiger partial charge in [-0.05, 0) is 56.6 Å². The molecule has 0 N–H and O–H groups in total. The van der Waals surface area contributed by atoms with Crippen LogP contribution in [-0.2, 0) is 0 Å². The van der Waals surface area contributed by atoms with Crippen LogP contribution in [0.3, 0.4) is 0 Å². The van der Waals surface area contributed by atoms with Crippen molar-refractivity contribution in [1.82, 2.24) is 4.90 Å². The molecular weight excluding hydrogens is 253 g/mol. The van der Waals surface area contributed by atoms with Gasteiger partial charge in [-0.1, -0.05) is 26.2 Å². The molecule has 1 fully saturated rings. The standard InChI is InChI=1S/C17H24FNO/c1-2-3-4-7-16(19-12-5-6-13-19)17(20)14-8-10-15(18)11-9-14/h8-11,16H,2-7,12-13H2,1H3/t16-/m0/s1. The number of carbonyl (C=O) groups is 1. The molecule has 0 radical (unpaired) electrons. The van der Waals surface area contributed by atoms with Crippen molar-refractivity contribution in [2.24, 2.45) is 0 Å². The Morgan fingerprint density at radius 1 is 1.20 bits per heavy atom. The first kappa shape index (κ1) is 15.2. The first-order chi connectivity index (χ1) is 9.72. The van der Waals surface area contributed by atoms with E-state index in [0.717, 1.165) is 32.4 Å². The summed E-state index contributed by atoms with van der Waals surface area (Å²) in [5, 5.41) is 0. The SMILES string of the molecule is CCCCC[C@@H](C(=O)c1ccc(F)cc1)N1CCCC1. The van der Waals surface area contributed by atoms with Gasteiger partial charge in [0.2, 0.25) is 0 Å². The zero-order valence-corrected chi connectivity index (χ0v) is 12.3. The first-order valence-electron chi connectivity index (χ1n) is 7.76. The van der Waals surface area contributed by atoms with Crippen molar-refractivity contribution in [3.8, 4) is 0 Å². The number of unbranched alkanes of at least 4 members (excludes halogenated alkanes) is 2. The lowest BCUT2D eigenvalue weighted by atomic mass is 9.97. The first-order valence-corrected chi connectivity index (χ1v) is 7.76. The average Bonchev–Trinajstić information content (AvgIpc) is 2.98. The monoisotopic (exact) mass is 277 g/mol. The fourth-order valence-corrected chi connectivity index (χ4v) is 2.93. The molecule has 0 spiro atoms. The van der Waals surface area contributed by atoms with Gasteiger partial charge in [0, 0.05) is 5.56 Å². The molecule has 0 bridgehead atoms. The number of nitrogens with zero attached hydrogens (tertiary/aromatic N) is 1. The summed E-state index contributed by atoms with van der Waals surface area (Å²) in [5.41, 5.74) is 0.639. The third-order valence-corrected chi connectivity index (χ3v) is 4.09. The molecule has 0 amide bonds. The fraction of sp³-hybridized carbons (Fsp3) is 0.588. The van der Waals surface area contributed by atoms with Crippen LogP contribution < -0.4 is 0 Å². The fourth-order valence-electron chi connectivity index (χ4n) is 2.93. The quantitative estimate of drug-likeness (QED) is 0.553. The van der Waals surface area contributed by atoms with Crippen molar-refractivity contribution in [2.45, 2.75) is 51.5 Å². The summed E-state index contributed by atoms with van der Waals surface area (Å²) in [6, 6.07) is 5.95. The van der Waals surface area contributed by atoms with Crippen molar-refractivity contribution in [3.05, 3.63) is 35.6 Å². The summed E-state index contributed by atoms with van der Waals surface area (Å²) in [5.74, 6) is -0.131. The van der Waals surface area contributed by atoms with E-state index in [1.54, 1.807) is 12.1 Å². The van der Waals surface area contributed by atoms with Gasteiger partial charge in [0.25, 0.3) is 0 Å². The second-order valence-corrected chi connectivity index (χ2v) is 5.63. The van der Waals surface area contributed by atoms with E-state index in [1.165, 1.54) is 31.4 Å². The molecule has 1 aliphatic heterocycles. The second kappa shape index (κ2) is 7.53. The minimum Gasteiger partial charge on any atom is -0.293 e. The maximum Gasteiger partial charge on any atom is 0.179 e. The molecule has 0 saturated carbocycles. The van der Waals surface area contributed by atoms with Gasteiger partial charge in [0.1, 0.15) is 5.82 Å². The highest BCUT2D eigenvalue weighted by Gasteiger charge is 2.28. The highest BCUT2D eigenvalue weighted by Crippen LogP contribution is 2.20. The number of ketones is 1. The highest BCUT2D eigenvalue weighted by molar-refractivity contribution is 6.00. The zero-order valence-electron chi connectivity index (χ0n) is 12.3. The lowest BCUT2D eigenvalue weighted by Gasteiger charge is -2.26. The third-order valence-electron chi connectivity index (χ3n) is 4.09. The predicted molar refractivity (Wildman–Crippen MR) is 79.5 cm³/mol. The van der Waals surface area contributed by atoms with Gasteiger partial charge in [-0.15, -0.1) is 0 Å². The number of Topliss-reactive ketones (excluding diaryl/α,β-unsaturated/α-hetero) is 1. The number of halogens is 1. The summed E-state index contributed by atoms with van der Waals surface area (Å²) in [6.45, 7) is 4.21. The van der Waals surface area contributed by atoms with Crippen molar-refractivity contribution in [3.63, 3.8) is 0 Å². The highest BCUT2D eigenvalue weighted by atomic mass is 19.1. The van der Waals surface area contributed by atoms with Crippen LogP contribution in [0.15, 0.2) is 24.3 Å². The van der Waals surface area contributed by atoms with Crippen LogP contribution in [0.1, 0.15) is 55.8 Å². The van der Waals surface area contributed by atoms with Gasteiger partial charge < -0.3 is 0 Å². The predicted octanol–water partition coefficient (Wildman–Crippen LogP) is 4.05. The summed E-state index contributed by atoms with van der Waals surface area (Å²) < 4.78 is 13.0. The molecule has 2 rings (SSSR count). The van der Waals surface area contributed by atoms with Crippen LogP contribution in [-0.4, -0.2) is 29.8 Å². The van der Waals surface area contributed by atoms with E-state index < -0.39 is 0 Å². The van der Waals surface area contributed by atoms with Gasteiger partial charge in [0.15, 0.2) is 5.78 Å². The Balaban J connectivity index is 2.07. The largest absolute Gasteiger partial charge is 0.293 e. The molecule has 1 aliphatic rings. The van der Waals surface area contributed by atoms with Gasteiger partial charge in [0.05, 0.1) is 6.04 Å². The number of benzene rings is 1. The normalized spacial score (nSPS) is 17.3. The van der Waals surface area contributed by atoms with E-state index in [0.29, 0.717) is 5.56 Å². The lowest BCUT2D eigenvalue weighted by molar-refractivity contribution is 0.0835. The molecule has 0 aliphatic carbocycles. The number of rotatable bonds is 7. The molecule has 0 unspecified atom stereocenters. The van der Waals surface area contributed by atoms with Crippen LogP contribution in [0, 0.1) is 5.82 Å². The molecular formula is C17H24FNO. The molecule has 2 nitrogen and oxygen atoms in total. The Morgan fingerprint density at radius 2 is 1.85 bits per heavy atom. The molecule has 1 saturated heterocycles. The van der Waals surface area contributed by atoms with E-state index in [2.05, 4.69) is 11.8 Å². The van der Waals surface area contributed by atoms with Crippen LogP contribution in [0.4, 0.5) is 4.39 Å². The van der Waals surface area contributed by atoms with Crippen LogP contribution >= 0.6 is 0 Å².